The fraction of sp³-hybridized carbons (Fsp3) is 0.320. The molecule has 3 aromatic rings. The predicted molar refractivity (Wildman–Crippen MR) is 118 cm³/mol. The molecule has 1 saturated carbocycles. The van der Waals surface area contributed by atoms with Gasteiger partial charge in [-0.3, -0.25) is 9.48 Å². The molecule has 1 aromatic heterocycles. The number of alkyl halides is 3. The van der Waals surface area contributed by atoms with Gasteiger partial charge in [0.2, 0.25) is 5.69 Å². The van der Waals surface area contributed by atoms with Gasteiger partial charge in [-0.1, -0.05) is 61.4 Å². The number of aromatic carboxylic acids is 1. The second kappa shape index (κ2) is 9.32. The Bertz CT molecular complexity index is 1230. The van der Waals surface area contributed by atoms with E-state index in [1.807, 2.05) is 18.2 Å². The van der Waals surface area contributed by atoms with Crippen molar-refractivity contribution in [2.75, 3.05) is 0 Å². The van der Waals surface area contributed by atoms with Crippen LogP contribution in [-0.2, 0) is 24.7 Å². The van der Waals surface area contributed by atoms with Crippen molar-refractivity contribution < 1.29 is 27.8 Å². The molecule has 0 bridgehead atoms. The largest absolute Gasteiger partial charge is 0.483 e. The van der Waals surface area contributed by atoms with E-state index in [0.29, 0.717) is 18.4 Å². The lowest BCUT2D eigenvalue weighted by atomic mass is 9.78. The van der Waals surface area contributed by atoms with Gasteiger partial charge in [-0.05, 0) is 30.0 Å². The summed E-state index contributed by atoms with van der Waals surface area (Å²) >= 11 is 0. The zero-order valence-electron chi connectivity index (χ0n) is 18.2. The van der Waals surface area contributed by atoms with Crippen molar-refractivity contribution in [2.24, 2.45) is 0 Å². The Labute approximate surface area is 193 Å². The first-order valence-electron chi connectivity index (χ1n) is 10.9. The van der Waals surface area contributed by atoms with Crippen LogP contribution < -0.4 is 10.2 Å². The first-order valence-corrected chi connectivity index (χ1v) is 10.9. The minimum atomic E-state index is -4.47. The first-order chi connectivity index (χ1) is 16.2. The Morgan fingerprint density at radius 1 is 1.09 bits per heavy atom. The van der Waals surface area contributed by atoms with Crippen molar-refractivity contribution >= 4 is 5.97 Å². The molecule has 0 spiro atoms. The van der Waals surface area contributed by atoms with E-state index in [0.717, 1.165) is 30.5 Å². The maximum absolute atomic E-state index is 13.3. The number of carboxylic acids is 1. The van der Waals surface area contributed by atoms with Crippen LogP contribution in [0, 0.1) is 0 Å². The van der Waals surface area contributed by atoms with Crippen LogP contribution >= 0.6 is 0 Å². The molecule has 9 heteroatoms. The summed E-state index contributed by atoms with van der Waals surface area (Å²) in [5.41, 5.74) is -1.64. The van der Waals surface area contributed by atoms with Crippen molar-refractivity contribution in [3.05, 3.63) is 93.4 Å². The SMILES string of the molecule is O=C(O)c1nn(CC2(c3cccc(C(F)(F)F)c3)CCCC2)cc(OCc2ccccc2)c1=O. The van der Waals surface area contributed by atoms with E-state index >= 15 is 0 Å². The number of nitrogens with zero attached hydrogens (tertiary/aromatic N) is 2. The highest BCUT2D eigenvalue weighted by molar-refractivity contribution is 5.85. The Morgan fingerprint density at radius 2 is 1.79 bits per heavy atom. The standard InChI is InChI=1S/C25H23F3N2O4/c26-25(27,28)19-10-6-9-18(13-19)24(11-4-5-12-24)16-30-14-20(22(31)21(29-30)23(32)33)34-15-17-7-2-1-3-8-17/h1-3,6-10,13-14H,4-5,11-12,15-16H2,(H,32,33). The maximum Gasteiger partial charge on any atom is 0.416 e. The second-order valence-corrected chi connectivity index (χ2v) is 8.51. The lowest BCUT2D eigenvalue weighted by Crippen LogP contribution is -2.32. The molecular formula is C25H23F3N2O4. The number of rotatable bonds is 7. The monoisotopic (exact) mass is 472 g/mol. The minimum absolute atomic E-state index is 0.0535. The molecule has 0 saturated heterocycles. The van der Waals surface area contributed by atoms with Gasteiger partial charge in [0.1, 0.15) is 6.61 Å². The highest BCUT2D eigenvalue weighted by Crippen LogP contribution is 2.44. The van der Waals surface area contributed by atoms with E-state index in [9.17, 15) is 27.9 Å². The van der Waals surface area contributed by atoms with Crippen molar-refractivity contribution in [3.63, 3.8) is 0 Å². The molecular weight excluding hydrogens is 449 g/mol. The number of carbonyl (C=O) groups is 1. The molecule has 1 heterocycles. The summed E-state index contributed by atoms with van der Waals surface area (Å²) in [6.45, 7) is 0.175. The average Bonchev–Trinajstić information content (AvgIpc) is 3.29. The molecule has 1 aliphatic carbocycles. The molecule has 2 aromatic carbocycles. The van der Waals surface area contributed by atoms with Gasteiger partial charge in [0, 0.05) is 5.41 Å². The smallest absolute Gasteiger partial charge is 0.416 e. The lowest BCUT2D eigenvalue weighted by Gasteiger charge is -2.31. The quantitative estimate of drug-likeness (QED) is 0.520. The second-order valence-electron chi connectivity index (χ2n) is 8.51. The summed E-state index contributed by atoms with van der Waals surface area (Å²) in [6, 6.07) is 14.3. The number of hydrogen-bond donors (Lipinski definition) is 1. The van der Waals surface area contributed by atoms with E-state index in [-0.39, 0.29) is 18.9 Å². The van der Waals surface area contributed by atoms with Gasteiger partial charge in [-0.15, -0.1) is 0 Å². The Hall–Kier alpha value is -3.62. The lowest BCUT2D eigenvalue weighted by molar-refractivity contribution is -0.137. The van der Waals surface area contributed by atoms with Crippen molar-refractivity contribution in [2.45, 2.75) is 50.4 Å². The molecule has 0 aliphatic heterocycles. The molecule has 1 N–H and O–H groups in total. The maximum atomic E-state index is 13.3. The van der Waals surface area contributed by atoms with Gasteiger partial charge in [0.25, 0.3) is 5.43 Å². The number of carboxylic acid groups (broad SMARTS) is 1. The van der Waals surface area contributed by atoms with Gasteiger partial charge in [-0.2, -0.15) is 18.3 Å². The summed E-state index contributed by atoms with van der Waals surface area (Å²) < 4.78 is 47.0. The van der Waals surface area contributed by atoms with Crippen molar-refractivity contribution in [1.82, 2.24) is 9.78 Å². The highest BCUT2D eigenvalue weighted by atomic mass is 19.4. The Kier molecular flexibility index (Phi) is 6.45. The molecule has 1 fully saturated rings. The molecule has 6 nitrogen and oxygen atoms in total. The molecule has 34 heavy (non-hydrogen) atoms. The van der Waals surface area contributed by atoms with Gasteiger partial charge >= 0.3 is 12.1 Å². The van der Waals surface area contributed by atoms with Crippen LogP contribution in [0.3, 0.4) is 0 Å². The Balaban J connectivity index is 1.70. The minimum Gasteiger partial charge on any atom is -0.483 e. The third-order valence-electron chi connectivity index (χ3n) is 6.20. The topological polar surface area (TPSA) is 81.4 Å². The van der Waals surface area contributed by atoms with Crippen LogP contribution in [0.4, 0.5) is 13.2 Å². The molecule has 178 valence electrons. The van der Waals surface area contributed by atoms with Gasteiger partial charge in [-0.25, -0.2) is 4.79 Å². The van der Waals surface area contributed by atoms with E-state index in [1.54, 1.807) is 18.2 Å². The van der Waals surface area contributed by atoms with Gasteiger partial charge in [0.15, 0.2) is 5.75 Å². The van der Waals surface area contributed by atoms with Crippen LogP contribution in [-0.4, -0.2) is 20.9 Å². The van der Waals surface area contributed by atoms with Crippen LogP contribution in [0.15, 0.2) is 65.6 Å². The van der Waals surface area contributed by atoms with E-state index in [4.69, 9.17) is 4.74 Å². The average molecular weight is 472 g/mol. The molecule has 0 amide bonds. The van der Waals surface area contributed by atoms with Gasteiger partial charge in [0.05, 0.1) is 18.3 Å². The zero-order valence-corrected chi connectivity index (χ0v) is 18.2. The summed E-state index contributed by atoms with van der Waals surface area (Å²) in [4.78, 5) is 24.3. The number of aromatic nitrogens is 2. The summed E-state index contributed by atoms with van der Waals surface area (Å²) in [5, 5.41) is 13.5. The van der Waals surface area contributed by atoms with E-state index in [1.165, 1.54) is 16.9 Å². The normalized spacial score (nSPS) is 15.3. The zero-order chi connectivity index (χ0) is 24.3. The predicted octanol–water partition coefficient (Wildman–Crippen LogP) is 5.05. The number of halogens is 3. The molecule has 0 radical (unpaired) electrons. The number of hydrogen-bond acceptors (Lipinski definition) is 4. The van der Waals surface area contributed by atoms with Crippen molar-refractivity contribution in [3.8, 4) is 5.75 Å². The van der Waals surface area contributed by atoms with E-state index < -0.39 is 34.2 Å². The molecule has 1 aliphatic rings. The Morgan fingerprint density at radius 3 is 2.44 bits per heavy atom. The van der Waals surface area contributed by atoms with Crippen LogP contribution in [0.5, 0.6) is 5.75 Å². The molecule has 4 rings (SSSR count). The number of ether oxygens (including phenoxy) is 1. The molecule has 0 atom stereocenters. The summed E-state index contributed by atoms with van der Waals surface area (Å²) in [7, 11) is 0. The van der Waals surface area contributed by atoms with Crippen LogP contribution in [0.1, 0.15) is 52.9 Å². The third kappa shape index (κ3) is 4.98. The fourth-order valence-electron chi connectivity index (χ4n) is 4.50. The van der Waals surface area contributed by atoms with E-state index in [2.05, 4.69) is 5.10 Å². The van der Waals surface area contributed by atoms with Crippen molar-refractivity contribution in [1.29, 1.82) is 0 Å². The molecule has 0 unspecified atom stereocenters. The fourth-order valence-corrected chi connectivity index (χ4v) is 4.50. The van der Waals surface area contributed by atoms with Gasteiger partial charge < -0.3 is 9.84 Å². The van der Waals surface area contributed by atoms with Crippen LogP contribution in [0.2, 0.25) is 0 Å². The summed E-state index contributed by atoms with van der Waals surface area (Å²) in [5.74, 6) is -1.67. The van der Waals surface area contributed by atoms with Crippen LogP contribution in [0.25, 0.3) is 0 Å². The number of benzene rings is 2. The first kappa shape index (κ1) is 23.5. The highest BCUT2D eigenvalue weighted by Gasteiger charge is 2.39. The third-order valence-corrected chi connectivity index (χ3v) is 6.20. The summed E-state index contributed by atoms with van der Waals surface area (Å²) in [6.07, 6.45) is -0.264.